The van der Waals surface area contributed by atoms with E-state index >= 15 is 0 Å². The maximum Gasteiger partial charge on any atom is 0.276 e. The van der Waals surface area contributed by atoms with Crippen molar-refractivity contribution >= 4 is 27.5 Å². The number of para-hydroxylation sites is 1. The number of amides is 1. The summed E-state index contributed by atoms with van der Waals surface area (Å²) in [6.07, 6.45) is 0. The average Bonchev–Trinajstić information content (AvgIpc) is 2.71. The summed E-state index contributed by atoms with van der Waals surface area (Å²) < 4.78 is 6.66. The van der Waals surface area contributed by atoms with E-state index in [9.17, 15) is 4.79 Å². The molecule has 0 radical (unpaired) electrons. The van der Waals surface area contributed by atoms with Gasteiger partial charge in [-0.15, -0.1) is 0 Å². The van der Waals surface area contributed by atoms with Crippen molar-refractivity contribution in [3.8, 4) is 16.9 Å². The zero-order chi connectivity index (χ0) is 19.1. The van der Waals surface area contributed by atoms with Gasteiger partial charge in [-0.2, -0.15) is 0 Å². The summed E-state index contributed by atoms with van der Waals surface area (Å²) in [5.41, 5.74) is 8.86. The van der Waals surface area contributed by atoms with Crippen molar-refractivity contribution in [3.63, 3.8) is 0 Å². The Morgan fingerprint density at radius 1 is 0.926 bits per heavy atom. The van der Waals surface area contributed by atoms with Gasteiger partial charge in [-0.05, 0) is 29.3 Å². The van der Waals surface area contributed by atoms with Gasteiger partial charge in [0.15, 0.2) is 6.61 Å². The normalized spacial score (nSPS) is 10.1. The second-order valence-electron chi connectivity index (χ2n) is 5.81. The van der Waals surface area contributed by atoms with E-state index in [-0.39, 0.29) is 12.5 Å². The molecule has 0 fully saturated rings. The van der Waals surface area contributed by atoms with Crippen LogP contribution in [-0.2, 0) is 4.79 Å². The summed E-state index contributed by atoms with van der Waals surface area (Å²) >= 11 is 3.41. The van der Waals surface area contributed by atoms with Crippen LogP contribution in [0.5, 0.6) is 5.75 Å². The van der Waals surface area contributed by atoms with Gasteiger partial charge < -0.3 is 4.74 Å². The average molecular weight is 423 g/mol. The number of hydrogen-bond acceptors (Lipinski definition) is 3. The monoisotopic (exact) mass is 422 g/mol. The van der Waals surface area contributed by atoms with E-state index in [0.717, 1.165) is 21.2 Å². The van der Waals surface area contributed by atoms with Crippen molar-refractivity contribution in [2.45, 2.75) is 0 Å². The van der Waals surface area contributed by atoms with Crippen molar-refractivity contribution in [2.24, 2.45) is 0 Å². The van der Waals surface area contributed by atoms with Crippen molar-refractivity contribution in [2.75, 3.05) is 6.61 Å². The first-order valence-corrected chi connectivity index (χ1v) is 9.20. The first kappa shape index (κ1) is 18.7. The number of carbonyl (C=O) groups is 1. The lowest BCUT2D eigenvalue weighted by atomic mass is 10.1. The van der Waals surface area contributed by atoms with Crippen LogP contribution in [0.2, 0.25) is 0 Å². The van der Waals surface area contributed by atoms with Crippen LogP contribution < -0.4 is 15.6 Å². The van der Waals surface area contributed by atoms with Gasteiger partial charge in [0.25, 0.3) is 5.91 Å². The number of benzene rings is 3. The molecule has 0 atom stereocenters. The Bertz CT molecular complexity index is 942. The number of nitrogens with one attached hydrogen (secondary N) is 2. The zero-order valence-corrected chi connectivity index (χ0v) is 16.2. The second kappa shape index (κ2) is 9.05. The lowest BCUT2D eigenvalue weighted by molar-refractivity contribution is -0.123. The fraction of sp³-hybridized carbons (Fsp3) is 0.0455. The second-order valence-corrected chi connectivity index (χ2v) is 6.73. The zero-order valence-electron chi connectivity index (χ0n) is 14.6. The molecule has 5 heteroatoms. The SMILES string of the molecule is C=C(NNC(=O)COc1ccccc1-c1ccccc1)c1cccc(Br)c1. The van der Waals surface area contributed by atoms with Gasteiger partial charge in [0, 0.05) is 10.0 Å². The number of hydrogen-bond donors (Lipinski definition) is 2. The summed E-state index contributed by atoms with van der Waals surface area (Å²) in [5.74, 6) is 0.360. The van der Waals surface area contributed by atoms with Gasteiger partial charge in [0.2, 0.25) is 0 Å². The summed E-state index contributed by atoms with van der Waals surface area (Å²) in [7, 11) is 0. The maximum atomic E-state index is 12.1. The van der Waals surface area contributed by atoms with E-state index in [4.69, 9.17) is 4.74 Å². The minimum absolute atomic E-state index is 0.109. The molecular formula is C22H19BrN2O2. The molecule has 0 unspecified atom stereocenters. The summed E-state index contributed by atoms with van der Waals surface area (Å²) in [6, 6.07) is 25.2. The standard InChI is InChI=1S/C22H19BrN2O2/c1-16(18-10-7-11-19(23)14-18)24-25-22(26)15-27-21-13-6-5-12-20(21)17-8-3-2-4-9-17/h2-14,24H,1,15H2,(H,25,26). The smallest absolute Gasteiger partial charge is 0.276 e. The van der Waals surface area contributed by atoms with E-state index in [2.05, 4.69) is 33.4 Å². The van der Waals surface area contributed by atoms with Crippen molar-refractivity contribution in [1.82, 2.24) is 10.9 Å². The van der Waals surface area contributed by atoms with E-state index in [0.29, 0.717) is 11.4 Å². The molecule has 3 aromatic carbocycles. The maximum absolute atomic E-state index is 12.1. The Kier molecular flexibility index (Phi) is 6.28. The Morgan fingerprint density at radius 2 is 1.67 bits per heavy atom. The van der Waals surface area contributed by atoms with Crippen molar-refractivity contribution in [3.05, 3.63) is 95.5 Å². The molecule has 3 rings (SSSR count). The number of rotatable bonds is 7. The molecule has 1 amide bonds. The van der Waals surface area contributed by atoms with Crippen LogP contribution in [0, 0.1) is 0 Å². The van der Waals surface area contributed by atoms with Gasteiger partial charge in [-0.3, -0.25) is 15.6 Å². The largest absolute Gasteiger partial charge is 0.483 e. The number of halogens is 1. The molecule has 0 saturated carbocycles. The van der Waals surface area contributed by atoms with Gasteiger partial charge in [-0.25, -0.2) is 0 Å². The minimum atomic E-state index is -0.297. The Morgan fingerprint density at radius 3 is 2.44 bits per heavy atom. The third-order valence-corrected chi connectivity index (χ3v) is 4.35. The number of carbonyl (C=O) groups excluding carboxylic acids is 1. The van der Waals surface area contributed by atoms with Crippen LogP contribution >= 0.6 is 15.9 Å². The van der Waals surface area contributed by atoms with Gasteiger partial charge in [-0.1, -0.05) is 83.2 Å². The van der Waals surface area contributed by atoms with E-state index < -0.39 is 0 Å². The molecule has 27 heavy (non-hydrogen) atoms. The van der Waals surface area contributed by atoms with E-state index in [1.807, 2.05) is 78.9 Å². The predicted molar refractivity (Wildman–Crippen MR) is 112 cm³/mol. The molecule has 0 aromatic heterocycles. The number of ether oxygens (including phenoxy) is 1. The first-order valence-electron chi connectivity index (χ1n) is 8.40. The summed E-state index contributed by atoms with van der Waals surface area (Å²) in [6.45, 7) is 3.81. The van der Waals surface area contributed by atoms with Crippen LogP contribution in [0.25, 0.3) is 16.8 Å². The van der Waals surface area contributed by atoms with E-state index in [1.54, 1.807) is 0 Å². The fourth-order valence-electron chi connectivity index (χ4n) is 2.52. The lowest BCUT2D eigenvalue weighted by Gasteiger charge is -2.14. The highest BCUT2D eigenvalue weighted by Crippen LogP contribution is 2.29. The number of hydrazine groups is 1. The van der Waals surface area contributed by atoms with Gasteiger partial charge in [0.1, 0.15) is 5.75 Å². The molecule has 0 spiro atoms. The minimum Gasteiger partial charge on any atom is -0.483 e. The van der Waals surface area contributed by atoms with Gasteiger partial charge >= 0.3 is 0 Å². The third-order valence-electron chi connectivity index (χ3n) is 3.86. The highest BCUT2D eigenvalue weighted by atomic mass is 79.9. The van der Waals surface area contributed by atoms with Crippen LogP contribution in [0.4, 0.5) is 0 Å². The van der Waals surface area contributed by atoms with Crippen LogP contribution in [-0.4, -0.2) is 12.5 Å². The Labute approximate surface area is 167 Å². The molecule has 136 valence electrons. The molecule has 0 aliphatic rings. The quantitative estimate of drug-likeness (QED) is 0.538. The Balaban J connectivity index is 1.56. The topological polar surface area (TPSA) is 50.4 Å². The van der Waals surface area contributed by atoms with E-state index in [1.165, 1.54) is 0 Å². The van der Waals surface area contributed by atoms with Gasteiger partial charge in [0.05, 0.1) is 5.70 Å². The molecule has 0 bridgehead atoms. The molecular weight excluding hydrogens is 404 g/mol. The highest BCUT2D eigenvalue weighted by Gasteiger charge is 2.08. The molecule has 2 N–H and O–H groups in total. The van der Waals surface area contributed by atoms with Crippen LogP contribution in [0.1, 0.15) is 5.56 Å². The summed E-state index contributed by atoms with van der Waals surface area (Å²) in [5, 5.41) is 0. The fourth-order valence-corrected chi connectivity index (χ4v) is 2.92. The van der Waals surface area contributed by atoms with Crippen LogP contribution in [0.3, 0.4) is 0 Å². The molecule has 0 aliphatic heterocycles. The highest BCUT2D eigenvalue weighted by molar-refractivity contribution is 9.10. The van der Waals surface area contributed by atoms with Crippen molar-refractivity contribution < 1.29 is 9.53 Å². The third kappa shape index (κ3) is 5.21. The lowest BCUT2D eigenvalue weighted by Crippen LogP contribution is -2.39. The van der Waals surface area contributed by atoms with Crippen molar-refractivity contribution in [1.29, 1.82) is 0 Å². The summed E-state index contributed by atoms with van der Waals surface area (Å²) in [4.78, 5) is 12.1. The Hall–Kier alpha value is -3.05. The molecule has 0 saturated heterocycles. The molecule has 0 heterocycles. The molecule has 4 nitrogen and oxygen atoms in total. The first-order chi connectivity index (χ1) is 13.1. The molecule has 0 aliphatic carbocycles. The predicted octanol–water partition coefficient (Wildman–Crippen LogP) is 4.79. The molecule has 3 aromatic rings. The van der Waals surface area contributed by atoms with Crippen LogP contribution in [0.15, 0.2) is 89.9 Å².